The number of hydrogen-bond donors (Lipinski definition) is 1. The first-order valence-corrected chi connectivity index (χ1v) is 7.54. The van der Waals surface area contributed by atoms with Crippen LogP contribution in [0.2, 0.25) is 0 Å². The van der Waals surface area contributed by atoms with Crippen LogP contribution in [0.5, 0.6) is 0 Å². The number of nitrogens with zero attached hydrogens (tertiary/aromatic N) is 2. The van der Waals surface area contributed by atoms with Gasteiger partial charge in [-0.05, 0) is 32.0 Å². The molecule has 19 heavy (non-hydrogen) atoms. The first kappa shape index (κ1) is 13.1. The lowest BCUT2D eigenvalue weighted by Crippen LogP contribution is -2.59. The molecule has 1 N–H and O–H groups in total. The smallest absolute Gasteiger partial charge is 0.0351 e. The van der Waals surface area contributed by atoms with Gasteiger partial charge in [0.2, 0.25) is 0 Å². The van der Waals surface area contributed by atoms with E-state index >= 15 is 0 Å². The van der Waals surface area contributed by atoms with Crippen molar-refractivity contribution in [2.45, 2.75) is 25.9 Å². The van der Waals surface area contributed by atoms with Crippen LogP contribution >= 0.6 is 0 Å². The number of rotatable bonds is 3. The summed E-state index contributed by atoms with van der Waals surface area (Å²) < 4.78 is 0. The van der Waals surface area contributed by atoms with E-state index in [9.17, 15) is 0 Å². The third-order valence-electron chi connectivity index (χ3n) is 4.32. The Morgan fingerprint density at radius 3 is 2.95 bits per heavy atom. The molecular formula is C16H25N3. The zero-order valence-electron chi connectivity index (χ0n) is 11.9. The summed E-state index contributed by atoms with van der Waals surface area (Å²) in [4.78, 5) is 5.24. The maximum Gasteiger partial charge on any atom is 0.0351 e. The Labute approximate surface area is 116 Å². The molecule has 0 amide bonds. The predicted octanol–water partition coefficient (Wildman–Crippen LogP) is 1.47. The molecule has 0 saturated carbocycles. The second kappa shape index (κ2) is 6.04. The molecule has 0 aromatic heterocycles. The summed E-state index contributed by atoms with van der Waals surface area (Å²) in [6.07, 6.45) is 1.30. The first-order valence-electron chi connectivity index (χ1n) is 7.54. The molecular weight excluding hydrogens is 234 g/mol. The van der Waals surface area contributed by atoms with Crippen molar-refractivity contribution in [3.8, 4) is 0 Å². The number of nitrogens with one attached hydrogen (secondary N) is 1. The quantitative estimate of drug-likeness (QED) is 0.887. The standard InChI is InChI=1S/C16H25N3/c1-14-4-2-5-15(10-14)11-18-12-16(13-18)19-8-3-6-17-7-9-19/h2,4-5,10,16-17H,3,6-9,11-13H2,1H3. The number of aryl methyl sites for hydroxylation is 1. The molecule has 104 valence electrons. The van der Waals surface area contributed by atoms with E-state index in [1.807, 2.05) is 0 Å². The van der Waals surface area contributed by atoms with Crippen molar-refractivity contribution >= 4 is 0 Å². The van der Waals surface area contributed by atoms with Crippen LogP contribution in [-0.2, 0) is 6.54 Å². The van der Waals surface area contributed by atoms with Gasteiger partial charge in [-0.2, -0.15) is 0 Å². The van der Waals surface area contributed by atoms with Crippen molar-refractivity contribution in [2.75, 3.05) is 39.3 Å². The van der Waals surface area contributed by atoms with Crippen LogP contribution in [0.3, 0.4) is 0 Å². The minimum Gasteiger partial charge on any atom is -0.315 e. The van der Waals surface area contributed by atoms with Gasteiger partial charge in [-0.15, -0.1) is 0 Å². The van der Waals surface area contributed by atoms with Crippen LogP contribution in [0, 0.1) is 6.92 Å². The summed E-state index contributed by atoms with van der Waals surface area (Å²) in [5.74, 6) is 0. The van der Waals surface area contributed by atoms with E-state index in [2.05, 4.69) is 46.3 Å². The van der Waals surface area contributed by atoms with Gasteiger partial charge in [0.1, 0.15) is 0 Å². The van der Waals surface area contributed by atoms with Crippen LogP contribution in [-0.4, -0.2) is 55.1 Å². The second-order valence-corrected chi connectivity index (χ2v) is 5.98. The molecule has 2 saturated heterocycles. The average molecular weight is 259 g/mol. The van der Waals surface area contributed by atoms with E-state index in [0.29, 0.717) is 0 Å². The summed E-state index contributed by atoms with van der Waals surface area (Å²) in [6, 6.07) is 9.69. The minimum atomic E-state index is 0.796. The molecule has 0 radical (unpaired) electrons. The topological polar surface area (TPSA) is 18.5 Å². The summed E-state index contributed by atoms with van der Waals surface area (Å²) in [5, 5.41) is 3.48. The van der Waals surface area contributed by atoms with Gasteiger partial charge in [0.05, 0.1) is 0 Å². The van der Waals surface area contributed by atoms with Crippen molar-refractivity contribution in [1.82, 2.24) is 15.1 Å². The van der Waals surface area contributed by atoms with Crippen molar-refractivity contribution in [3.05, 3.63) is 35.4 Å². The summed E-state index contributed by atoms with van der Waals surface area (Å²) >= 11 is 0. The average Bonchev–Trinajstić information content (AvgIpc) is 2.62. The molecule has 2 aliphatic heterocycles. The number of benzene rings is 1. The highest BCUT2D eigenvalue weighted by molar-refractivity contribution is 5.22. The van der Waals surface area contributed by atoms with Crippen molar-refractivity contribution in [3.63, 3.8) is 0 Å². The predicted molar refractivity (Wildman–Crippen MR) is 79.3 cm³/mol. The number of hydrogen-bond acceptors (Lipinski definition) is 3. The van der Waals surface area contributed by atoms with Gasteiger partial charge in [0.15, 0.2) is 0 Å². The zero-order chi connectivity index (χ0) is 13.1. The summed E-state index contributed by atoms with van der Waals surface area (Å²) in [6.45, 7) is 10.6. The molecule has 1 aromatic carbocycles. The van der Waals surface area contributed by atoms with Crippen molar-refractivity contribution < 1.29 is 0 Å². The lowest BCUT2D eigenvalue weighted by atomic mass is 10.0. The van der Waals surface area contributed by atoms with Gasteiger partial charge < -0.3 is 5.32 Å². The van der Waals surface area contributed by atoms with Gasteiger partial charge >= 0.3 is 0 Å². The molecule has 0 aliphatic carbocycles. The van der Waals surface area contributed by atoms with Crippen molar-refractivity contribution in [1.29, 1.82) is 0 Å². The minimum absolute atomic E-state index is 0.796. The fourth-order valence-corrected chi connectivity index (χ4v) is 3.20. The van der Waals surface area contributed by atoms with Crippen LogP contribution in [0.4, 0.5) is 0 Å². The normalized spacial score (nSPS) is 23.0. The largest absolute Gasteiger partial charge is 0.315 e. The van der Waals surface area contributed by atoms with E-state index in [0.717, 1.165) is 19.1 Å². The molecule has 0 atom stereocenters. The third-order valence-corrected chi connectivity index (χ3v) is 4.32. The molecule has 0 unspecified atom stereocenters. The molecule has 1 aromatic rings. The van der Waals surface area contributed by atoms with Gasteiger partial charge in [-0.3, -0.25) is 9.80 Å². The monoisotopic (exact) mass is 259 g/mol. The molecule has 2 heterocycles. The molecule has 2 aliphatic rings. The molecule has 0 bridgehead atoms. The molecule has 2 fully saturated rings. The maximum absolute atomic E-state index is 3.48. The van der Waals surface area contributed by atoms with Crippen LogP contribution < -0.4 is 5.32 Å². The van der Waals surface area contributed by atoms with Crippen LogP contribution in [0.25, 0.3) is 0 Å². The zero-order valence-corrected chi connectivity index (χ0v) is 11.9. The Bertz CT molecular complexity index is 404. The second-order valence-electron chi connectivity index (χ2n) is 5.98. The Balaban J connectivity index is 1.47. The van der Waals surface area contributed by atoms with Gasteiger partial charge in [-0.1, -0.05) is 29.8 Å². The lowest BCUT2D eigenvalue weighted by molar-refractivity contribution is 0.0322. The Morgan fingerprint density at radius 1 is 1.21 bits per heavy atom. The van der Waals surface area contributed by atoms with Gasteiger partial charge in [-0.25, -0.2) is 0 Å². The number of likely N-dealkylation sites (tertiary alicyclic amines) is 1. The van der Waals surface area contributed by atoms with E-state index in [1.54, 1.807) is 0 Å². The molecule has 0 spiro atoms. The Kier molecular flexibility index (Phi) is 4.16. The summed E-state index contributed by atoms with van der Waals surface area (Å²) in [7, 11) is 0. The molecule has 3 rings (SSSR count). The highest BCUT2D eigenvalue weighted by Gasteiger charge is 2.31. The Hall–Kier alpha value is -0.900. The highest BCUT2D eigenvalue weighted by Crippen LogP contribution is 2.19. The van der Waals surface area contributed by atoms with Crippen LogP contribution in [0.1, 0.15) is 17.5 Å². The first-order chi connectivity index (χ1) is 9.31. The SMILES string of the molecule is Cc1cccc(CN2CC(N3CCCNCC3)C2)c1. The van der Waals surface area contributed by atoms with Gasteiger partial charge in [0, 0.05) is 38.8 Å². The maximum atomic E-state index is 3.48. The Morgan fingerprint density at radius 2 is 2.11 bits per heavy atom. The highest BCUT2D eigenvalue weighted by atomic mass is 15.3. The lowest BCUT2D eigenvalue weighted by Gasteiger charge is -2.45. The third kappa shape index (κ3) is 3.35. The summed E-state index contributed by atoms with van der Waals surface area (Å²) in [5.41, 5.74) is 2.82. The van der Waals surface area contributed by atoms with E-state index < -0.39 is 0 Å². The molecule has 3 heteroatoms. The van der Waals surface area contributed by atoms with E-state index in [1.165, 1.54) is 50.3 Å². The van der Waals surface area contributed by atoms with Crippen LogP contribution in [0.15, 0.2) is 24.3 Å². The van der Waals surface area contributed by atoms with E-state index in [4.69, 9.17) is 0 Å². The fourth-order valence-electron chi connectivity index (χ4n) is 3.20. The fraction of sp³-hybridized carbons (Fsp3) is 0.625. The molecule has 3 nitrogen and oxygen atoms in total. The van der Waals surface area contributed by atoms with E-state index in [-0.39, 0.29) is 0 Å². The van der Waals surface area contributed by atoms with Gasteiger partial charge in [0.25, 0.3) is 0 Å². The van der Waals surface area contributed by atoms with Crippen molar-refractivity contribution in [2.24, 2.45) is 0 Å².